The normalized spacial score (nSPS) is 9.29. The number of ether oxygens (including phenoxy) is 1. The molecule has 0 spiro atoms. The number of carbonyl (C=O) groups is 1. The van der Waals surface area contributed by atoms with E-state index in [0.717, 1.165) is 5.56 Å². The minimum atomic E-state index is -0.472. The molecule has 1 amide bonds. The van der Waals surface area contributed by atoms with Gasteiger partial charge in [-0.3, -0.25) is 0 Å². The van der Waals surface area contributed by atoms with Crippen LogP contribution in [0.15, 0.2) is 48.5 Å². The first-order valence-corrected chi connectivity index (χ1v) is 7.42. The van der Waals surface area contributed by atoms with Crippen LogP contribution in [0.1, 0.15) is 23.1 Å². The number of nitrogens with zero attached hydrogens (tertiary/aromatic N) is 1. The maximum atomic E-state index is 11.5. The number of nitrogens with one attached hydrogen (secondary N) is 1. The summed E-state index contributed by atoms with van der Waals surface area (Å²) in [5.41, 5.74) is 8.14. The molecule has 0 saturated heterocycles. The Morgan fingerprint density at radius 3 is 2.75 bits per heavy atom. The van der Waals surface area contributed by atoms with Crippen LogP contribution in [0.2, 0.25) is 0 Å². The highest BCUT2D eigenvalue weighted by atomic mass is 16.5. The van der Waals surface area contributed by atoms with Gasteiger partial charge in [-0.05, 0) is 23.8 Å². The van der Waals surface area contributed by atoms with Gasteiger partial charge in [-0.25, -0.2) is 4.79 Å². The minimum absolute atomic E-state index is 0.237. The zero-order valence-corrected chi connectivity index (χ0v) is 13.1. The number of rotatable bonds is 4. The van der Waals surface area contributed by atoms with Gasteiger partial charge < -0.3 is 15.8 Å². The van der Waals surface area contributed by atoms with Crippen molar-refractivity contribution < 1.29 is 9.53 Å². The fourth-order valence-electron chi connectivity index (χ4n) is 1.90. The van der Waals surface area contributed by atoms with E-state index in [-0.39, 0.29) is 6.61 Å². The number of carbonyl (C=O) groups excluding carboxylic acids is 1. The third-order valence-electron chi connectivity index (χ3n) is 3.14. The summed E-state index contributed by atoms with van der Waals surface area (Å²) >= 11 is 0. The van der Waals surface area contributed by atoms with Gasteiger partial charge in [0.25, 0.3) is 0 Å². The van der Waals surface area contributed by atoms with Crippen LogP contribution in [0.4, 0.5) is 10.5 Å². The SMILES string of the molecule is N#Cc1cc(C#CCCNC(=O)OCc2ccccc2)ccc1N. The standard InChI is InChI=1S/C19H17N3O2/c20-13-17-12-15(9-10-18(17)21)6-4-5-11-22-19(23)24-14-16-7-2-1-3-8-16/h1-3,7-10,12H,5,11,14,21H2,(H,22,23). The van der Waals surface area contributed by atoms with Crippen molar-refractivity contribution in [3.63, 3.8) is 0 Å². The Morgan fingerprint density at radius 2 is 2.00 bits per heavy atom. The van der Waals surface area contributed by atoms with Gasteiger partial charge in [-0.15, -0.1) is 0 Å². The van der Waals surface area contributed by atoms with Crippen molar-refractivity contribution in [3.8, 4) is 17.9 Å². The van der Waals surface area contributed by atoms with E-state index in [2.05, 4.69) is 17.2 Å². The molecule has 0 aliphatic carbocycles. The Kier molecular flexibility index (Phi) is 6.25. The molecule has 2 rings (SSSR count). The maximum absolute atomic E-state index is 11.5. The zero-order chi connectivity index (χ0) is 17.2. The van der Waals surface area contributed by atoms with Gasteiger partial charge in [0.15, 0.2) is 0 Å². The van der Waals surface area contributed by atoms with E-state index in [1.807, 2.05) is 36.4 Å². The molecular weight excluding hydrogens is 302 g/mol. The zero-order valence-electron chi connectivity index (χ0n) is 13.1. The fourth-order valence-corrected chi connectivity index (χ4v) is 1.90. The number of hydrogen-bond donors (Lipinski definition) is 2. The summed E-state index contributed by atoms with van der Waals surface area (Å²) in [6.45, 7) is 0.626. The molecule has 120 valence electrons. The molecule has 5 nitrogen and oxygen atoms in total. The molecule has 0 radical (unpaired) electrons. The Morgan fingerprint density at radius 1 is 1.21 bits per heavy atom. The fraction of sp³-hybridized carbons (Fsp3) is 0.158. The second kappa shape index (κ2) is 8.87. The predicted molar refractivity (Wildman–Crippen MR) is 91.7 cm³/mol. The Labute approximate surface area is 141 Å². The van der Waals surface area contributed by atoms with E-state index in [1.165, 1.54) is 0 Å². The molecule has 5 heteroatoms. The molecule has 0 saturated carbocycles. The van der Waals surface area contributed by atoms with E-state index < -0.39 is 6.09 Å². The summed E-state index contributed by atoms with van der Waals surface area (Å²) < 4.78 is 5.09. The molecule has 0 heterocycles. The summed E-state index contributed by atoms with van der Waals surface area (Å²) in [5.74, 6) is 5.86. The van der Waals surface area contributed by atoms with E-state index in [0.29, 0.717) is 29.8 Å². The minimum Gasteiger partial charge on any atom is -0.445 e. The van der Waals surface area contributed by atoms with Gasteiger partial charge in [0.1, 0.15) is 12.7 Å². The van der Waals surface area contributed by atoms with Crippen LogP contribution in [-0.2, 0) is 11.3 Å². The van der Waals surface area contributed by atoms with E-state index in [1.54, 1.807) is 18.2 Å². The molecule has 2 aromatic carbocycles. The van der Waals surface area contributed by atoms with Crippen LogP contribution in [0.3, 0.4) is 0 Å². The van der Waals surface area contributed by atoms with Crippen molar-refractivity contribution in [2.24, 2.45) is 0 Å². The van der Waals surface area contributed by atoms with E-state index in [4.69, 9.17) is 15.7 Å². The number of nitrogen functional groups attached to an aromatic ring is 1. The highest BCUT2D eigenvalue weighted by molar-refractivity contribution is 5.67. The van der Waals surface area contributed by atoms with Crippen LogP contribution in [0, 0.1) is 23.2 Å². The average molecular weight is 319 g/mol. The van der Waals surface area contributed by atoms with Crippen LogP contribution in [-0.4, -0.2) is 12.6 Å². The summed E-state index contributed by atoms with van der Waals surface area (Å²) in [7, 11) is 0. The summed E-state index contributed by atoms with van der Waals surface area (Å²) in [4.78, 5) is 11.5. The molecular formula is C19H17N3O2. The van der Waals surface area contributed by atoms with Crippen LogP contribution >= 0.6 is 0 Å². The number of benzene rings is 2. The molecule has 0 bridgehead atoms. The number of alkyl carbamates (subject to hydrolysis) is 1. The highest BCUT2D eigenvalue weighted by Gasteiger charge is 2.01. The molecule has 0 aromatic heterocycles. The van der Waals surface area contributed by atoms with Crippen molar-refractivity contribution in [2.75, 3.05) is 12.3 Å². The molecule has 0 unspecified atom stereocenters. The second-order valence-electron chi connectivity index (χ2n) is 4.95. The summed E-state index contributed by atoms with van der Waals surface area (Å²) in [5, 5.41) is 11.5. The van der Waals surface area contributed by atoms with Crippen LogP contribution < -0.4 is 11.1 Å². The lowest BCUT2D eigenvalue weighted by Crippen LogP contribution is -2.24. The maximum Gasteiger partial charge on any atom is 0.407 e. The molecule has 24 heavy (non-hydrogen) atoms. The summed E-state index contributed by atoms with van der Waals surface area (Å²) in [6, 6.07) is 16.5. The van der Waals surface area contributed by atoms with Crippen molar-refractivity contribution in [1.29, 1.82) is 5.26 Å². The van der Waals surface area contributed by atoms with Crippen molar-refractivity contribution in [3.05, 3.63) is 65.2 Å². The average Bonchev–Trinajstić information content (AvgIpc) is 2.62. The lowest BCUT2D eigenvalue weighted by atomic mass is 10.1. The Bertz CT molecular complexity index is 799. The molecule has 3 N–H and O–H groups in total. The molecule has 0 aliphatic heterocycles. The first-order valence-electron chi connectivity index (χ1n) is 7.42. The summed E-state index contributed by atoms with van der Waals surface area (Å²) in [6.07, 6.45) is 0.00656. The number of nitriles is 1. The lowest BCUT2D eigenvalue weighted by Gasteiger charge is -2.05. The number of nitrogens with two attached hydrogens (primary N) is 1. The molecule has 0 aliphatic rings. The number of amides is 1. The predicted octanol–water partition coefficient (Wildman–Crippen LogP) is 2.81. The van der Waals surface area contributed by atoms with Crippen molar-refractivity contribution in [2.45, 2.75) is 13.0 Å². The highest BCUT2D eigenvalue weighted by Crippen LogP contribution is 2.11. The van der Waals surface area contributed by atoms with E-state index >= 15 is 0 Å². The van der Waals surface area contributed by atoms with Gasteiger partial charge in [0, 0.05) is 24.2 Å². The van der Waals surface area contributed by atoms with Crippen molar-refractivity contribution >= 4 is 11.8 Å². The topological polar surface area (TPSA) is 88.1 Å². The van der Waals surface area contributed by atoms with Gasteiger partial charge in [-0.2, -0.15) is 5.26 Å². The van der Waals surface area contributed by atoms with E-state index in [9.17, 15) is 4.79 Å². The monoisotopic (exact) mass is 319 g/mol. The molecule has 0 fully saturated rings. The quantitative estimate of drug-likeness (QED) is 0.515. The van der Waals surface area contributed by atoms with Crippen molar-refractivity contribution in [1.82, 2.24) is 5.32 Å². The van der Waals surface area contributed by atoms with Gasteiger partial charge in [0.05, 0.1) is 5.56 Å². The molecule has 0 atom stereocenters. The first kappa shape index (κ1) is 16.9. The van der Waals surface area contributed by atoms with Gasteiger partial charge >= 0.3 is 6.09 Å². The third kappa shape index (κ3) is 5.40. The largest absolute Gasteiger partial charge is 0.445 e. The molecule has 2 aromatic rings. The Balaban J connectivity index is 1.71. The van der Waals surface area contributed by atoms with Gasteiger partial charge in [-0.1, -0.05) is 42.2 Å². The van der Waals surface area contributed by atoms with Gasteiger partial charge in [0.2, 0.25) is 0 Å². The third-order valence-corrected chi connectivity index (χ3v) is 3.14. The Hall–Kier alpha value is -3.44. The van der Waals surface area contributed by atoms with Crippen LogP contribution in [0.25, 0.3) is 0 Å². The smallest absolute Gasteiger partial charge is 0.407 e. The number of hydrogen-bond acceptors (Lipinski definition) is 4. The first-order chi connectivity index (χ1) is 11.7. The second-order valence-corrected chi connectivity index (χ2v) is 4.95. The van der Waals surface area contributed by atoms with Crippen LogP contribution in [0.5, 0.6) is 0 Å². The lowest BCUT2D eigenvalue weighted by molar-refractivity contribution is 0.140. The number of anilines is 1.